The van der Waals surface area contributed by atoms with Gasteiger partial charge in [0.05, 0.1) is 70.9 Å². The number of aliphatic hydroxyl groups excluding tert-OH is 3. The Kier molecular flexibility index (Phi) is 32.6. The molecule has 3 saturated carbocycles. The first-order chi connectivity index (χ1) is 61.3. The summed E-state index contributed by atoms with van der Waals surface area (Å²) < 4.78 is 192. The number of para-hydroxylation sites is 3. The zero-order valence-corrected chi connectivity index (χ0v) is 70.1. The molecule has 3 aromatic heterocycles. The molecule has 3 unspecified atom stereocenters. The highest BCUT2D eigenvalue weighted by molar-refractivity contribution is 6.02. The fourth-order valence-electron chi connectivity index (χ4n) is 15.2. The van der Waals surface area contributed by atoms with Gasteiger partial charge in [0.15, 0.2) is 17.5 Å². The van der Waals surface area contributed by atoms with Crippen molar-refractivity contribution in [2.75, 3.05) is 7.05 Å². The molecule has 0 bridgehead atoms. The molecular weight excluding hydrogens is 1750 g/mol. The highest BCUT2D eigenvalue weighted by Crippen LogP contribution is 2.38. The average Bonchev–Trinajstić information content (AvgIpc) is 0.787. The number of hydrogen-bond acceptors (Lipinski definition) is 25. The molecule has 0 spiro atoms. The van der Waals surface area contributed by atoms with E-state index in [9.17, 15) is 141 Å². The number of nitrogens with one attached hydrogen (secondary N) is 7. The molecule has 18 atom stereocenters. The van der Waals surface area contributed by atoms with Crippen LogP contribution in [0.1, 0.15) is 147 Å². The maximum atomic E-state index is 14.6. The van der Waals surface area contributed by atoms with E-state index in [2.05, 4.69) is 52.2 Å². The highest BCUT2D eigenvalue weighted by Gasteiger charge is 2.50. The number of pyridine rings is 3. The summed E-state index contributed by atoms with van der Waals surface area (Å²) in [4.78, 5) is 168. The number of aliphatic hydroxyl groups is 3. The van der Waals surface area contributed by atoms with Gasteiger partial charge in [0.2, 0.25) is 70.9 Å². The normalized spacial score (nSPS) is 27.1. The number of hydrogen-bond donors (Lipinski definition) is 13. The van der Waals surface area contributed by atoms with E-state index < -0.39 is 310 Å². The molecule has 45 heteroatoms. The van der Waals surface area contributed by atoms with Crippen LogP contribution in [-0.2, 0) is 81.4 Å². The van der Waals surface area contributed by atoms with E-state index >= 15 is 0 Å². The number of carbonyl (C=O) groups excluding carboxylic acids is 12. The number of carbonyl (C=O) groups is 12. The van der Waals surface area contributed by atoms with Crippen LogP contribution in [0.15, 0.2) is 72.8 Å². The molecular formula is C85H91F12N11O22. The lowest BCUT2D eigenvalue weighted by atomic mass is 9.78. The van der Waals surface area contributed by atoms with E-state index in [1.165, 1.54) is 114 Å². The van der Waals surface area contributed by atoms with Gasteiger partial charge in [-0.25, -0.2) is 27.6 Å². The van der Waals surface area contributed by atoms with Crippen LogP contribution >= 0.6 is 0 Å². The molecule has 3 aliphatic heterocycles. The predicted octanol–water partition coefficient (Wildman–Crippen LogP) is 4.96. The maximum Gasteiger partial charge on any atom is 0.348 e. The molecule has 0 radical (unpaired) electrons. The Balaban J connectivity index is 0.000000203. The SMILES string of the molecule is C[C@H]1OC(=O)C(C2CCC2)N(C)C(=O)[C@H](C)[C@H](O)[C@H](Cc2c(F)nc(F)c(F)c2F)NC(=O)[C@H]1NC(=O)c1ccccc1O.C[C@H]1OC(=O)C(C2CCC2)NC(=O)[C@H](C)[C@H](O)[C@H](Cc2c(F)nc(F)c(F)c2F)NC(=O)[C@H]1NC(=O)c1ccccc1O.C[C@H]1OC(=O)C(C2CCC2)OC(=O)[C@H](C)[C@H](O)[C@H](Cc2c(F)nc(F)c(F)c2F)NC(=O)[C@H]1NC(=O)c1ccccc1O. The van der Waals surface area contributed by atoms with E-state index in [-0.39, 0.29) is 28.5 Å². The van der Waals surface area contributed by atoms with Crippen LogP contribution in [0.5, 0.6) is 17.2 Å². The third-order valence-electron chi connectivity index (χ3n) is 23.8. The first-order valence-electron chi connectivity index (χ1n) is 41.0. The zero-order chi connectivity index (χ0) is 95.6. The number of aromatic nitrogens is 3. The first kappa shape index (κ1) is 99.4. The summed E-state index contributed by atoms with van der Waals surface area (Å²) in [7, 11) is 1.33. The van der Waals surface area contributed by atoms with Crippen molar-refractivity contribution in [2.45, 2.75) is 210 Å². The van der Waals surface area contributed by atoms with Crippen molar-refractivity contribution in [1.82, 2.24) is 57.1 Å². The smallest absolute Gasteiger partial charge is 0.348 e. The number of ether oxygens (including phenoxy) is 4. The summed E-state index contributed by atoms with van der Waals surface area (Å²) in [5.74, 6) is -41.9. The number of benzene rings is 3. The Morgan fingerprint density at radius 2 is 0.700 bits per heavy atom. The number of halogens is 12. The Morgan fingerprint density at radius 1 is 0.385 bits per heavy atom. The number of esters is 4. The molecule has 6 aromatic rings. The van der Waals surface area contributed by atoms with Crippen LogP contribution < -0.4 is 37.2 Å². The number of rotatable bonds is 15. The molecule has 6 aliphatic rings. The lowest BCUT2D eigenvalue weighted by Crippen LogP contribution is -2.61. The van der Waals surface area contributed by atoms with E-state index in [0.717, 1.165) is 31.1 Å². The lowest BCUT2D eigenvalue weighted by Gasteiger charge is -2.41. The van der Waals surface area contributed by atoms with E-state index in [1.807, 2.05) is 0 Å². The van der Waals surface area contributed by atoms with Crippen molar-refractivity contribution in [1.29, 1.82) is 0 Å². The molecule has 6 fully saturated rings. The number of nitrogens with zero attached hydrogens (tertiary/aromatic N) is 4. The minimum atomic E-state index is -2.10. The minimum absolute atomic E-state index is 0.232. The second kappa shape index (κ2) is 42.6. The van der Waals surface area contributed by atoms with Gasteiger partial charge in [0.1, 0.15) is 65.8 Å². The molecule has 702 valence electrons. The van der Waals surface area contributed by atoms with Crippen LogP contribution in [0.3, 0.4) is 0 Å². The fourth-order valence-corrected chi connectivity index (χ4v) is 15.2. The average molecular weight is 1850 g/mol. The number of phenolic OH excluding ortho intramolecular Hbond substituents is 3. The topological polar surface area (TPSA) is 489 Å². The molecule has 3 aromatic carbocycles. The minimum Gasteiger partial charge on any atom is -0.507 e. The predicted molar refractivity (Wildman–Crippen MR) is 420 cm³/mol. The van der Waals surface area contributed by atoms with Crippen molar-refractivity contribution in [3.63, 3.8) is 0 Å². The van der Waals surface area contributed by atoms with Gasteiger partial charge in [0.25, 0.3) is 35.6 Å². The second-order valence-electron chi connectivity index (χ2n) is 32.3. The fraction of sp³-hybridized carbons (Fsp3) is 0.471. The Hall–Kier alpha value is -12.8. The van der Waals surface area contributed by atoms with Crippen LogP contribution in [0.2, 0.25) is 0 Å². The monoisotopic (exact) mass is 1850 g/mol. The van der Waals surface area contributed by atoms with Gasteiger partial charge in [-0.05, 0) is 114 Å². The summed E-state index contributed by atoms with van der Waals surface area (Å²) in [6.07, 6.45) is -8.77. The summed E-state index contributed by atoms with van der Waals surface area (Å²) in [5, 5.41) is 80.3. The van der Waals surface area contributed by atoms with Crippen molar-refractivity contribution in [2.24, 2.45) is 35.5 Å². The van der Waals surface area contributed by atoms with Gasteiger partial charge in [0, 0.05) is 48.9 Å². The molecule has 130 heavy (non-hydrogen) atoms. The summed E-state index contributed by atoms with van der Waals surface area (Å²) >= 11 is 0. The Labute approximate surface area is 731 Å². The third kappa shape index (κ3) is 22.5. The second-order valence-corrected chi connectivity index (χ2v) is 32.3. The van der Waals surface area contributed by atoms with Crippen LogP contribution in [0.25, 0.3) is 0 Å². The number of amides is 8. The summed E-state index contributed by atoms with van der Waals surface area (Å²) in [5.41, 5.74) is -4.09. The molecule has 12 rings (SSSR count). The standard InChI is InChI=1S/C29H32F4N4O7.C28H30F4N4O7.C28H29F4N3O8/c1-12-23(39)17(11-16-19(30)20(31)25(33)36-24(16)32)34-27(41)21(35-26(40)15-9-4-5-10-18(15)38)13(2)44-29(43)22(14-7-6-8-14)37(3)28(12)42;1-11-22(38)16(10-15-18(29)19(30)24(32)36-23(15)31)33-27(41)20(34-26(40)14-8-3-4-9-17(14)37)12(2)43-28(42)21(35-25(11)39)13-6-5-7-13;1-11-21(37)16(10-15-18(29)19(30)24(32)35-23(15)31)33-26(39)20(34-25(38)14-8-3-4-9-17(14)36)12(2)42-28(41)22(43-27(11)40)13-6-5-7-13/h4-5,9-10,12-14,17,21-23,38-39H,6-8,11H2,1-3H3,(H,34,41)(H,35,40);3-4,8-9,11-13,16,20-22,37-38H,5-7,10H2,1-2H3,(H,33,41)(H,34,40)(H,35,39);3-4,8-9,11-13,16,20-22,36-37H,5-7,10H2,1-2H3,(H,33,39)(H,34,38)/t12-,13-,17+,21+,22?,23+;11-,12-,16+,20+,21?,22+;11-,12-,16+,20+,21+,22?/m111/s1. The number of cyclic esters (lactones) is 4. The van der Waals surface area contributed by atoms with E-state index in [4.69, 9.17) is 18.9 Å². The summed E-state index contributed by atoms with van der Waals surface area (Å²) in [6.45, 7) is 7.44. The summed E-state index contributed by atoms with van der Waals surface area (Å²) in [6, 6.07) is 3.48. The maximum absolute atomic E-state index is 14.6. The molecule has 6 heterocycles. The zero-order valence-electron chi connectivity index (χ0n) is 70.1. The largest absolute Gasteiger partial charge is 0.507 e. The molecule has 3 saturated heterocycles. The van der Waals surface area contributed by atoms with Gasteiger partial charge in [-0.1, -0.05) is 69.5 Å². The third-order valence-corrected chi connectivity index (χ3v) is 23.8. The van der Waals surface area contributed by atoms with E-state index in [1.54, 1.807) is 0 Å². The quantitative estimate of drug-likeness (QED) is 0.0280. The number of aromatic hydroxyl groups is 3. The Bertz CT molecular complexity index is 5100. The van der Waals surface area contributed by atoms with Crippen molar-refractivity contribution in [3.8, 4) is 17.2 Å². The van der Waals surface area contributed by atoms with Crippen LogP contribution in [-0.4, -0.2) is 220 Å². The van der Waals surface area contributed by atoms with Gasteiger partial charge < -0.3 is 91.7 Å². The molecule has 8 amide bonds. The highest BCUT2D eigenvalue weighted by atomic mass is 19.2. The lowest BCUT2D eigenvalue weighted by molar-refractivity contribution is -0.183. The van der Waals surface area contributed by atoms with Gasteiger partial charge in [-0.2, -0.15) is 54.5 Å². The van der Waals surface area contributed by atoms with Crippen LogP contribution in [0.4, 0.5) is 52.7 Å². The Morgan fingerprint density at radius 3 is 1.03 bits per heavy atom. The van der Waals surface area contributed by atoms with Crippen molar-refractivity contribution < 1.29 is 160 Å². The van der Waals surface area contributed by atoms with Crippen molar-refractivity contribution >= 4 is 71.1 Å². The van der Waals surface area contributed by atoms with Gasteiger partial charge in [-0.15, -0.1) is 0 Å². The van der Waals surface area contributed by atoms with Gasteiger partial charge >= 0.3 is 23.9 Å². The molecule has 13 N–H and O–H groups in total. The molecule has 33 nitrogen and oxygen atoms in total. The number of likely N-dealkylation sites (N-methyl/N-ethyl adjacent to an activating group) is 1. The van der Waals surface area contributed by atoms with Crippen LogP contribution in [0, 0.1) is 106 Å². The van der Waals surface area contributed by atoms with E-state index in [0.29, 0.717) is 38.5 Å². The molecule has 3 aliphatic carbocycles. The first-order valence-corrected chi connectivity index (χ1v) is 41.0. The van der Waals surface area contributed by atoms with Gasteiger partial charge in [-0.3, -0.25) is 43.2 Å². The number of phenols is 3. The van der Waals surface area contributed by atoms with Crippen molar-refractivity contribution in [3.05, 3.63) is 177 Å².